The Morgan fingerprint density at radius 2 is 1.33 bits per heavy atom. The zero-order chi connectivity index (χ0) is 19.8. The van der Waals surface area contributed by atoms with Crippen molar-refractivity contribution < 1.29 is 57.8 Å². The Hall–Kier alpha value is -0.800. The minimum Gasteiger partial charge on any atom is -0.217 e. The van der Waals surface area contributed by atoms with Gasteiger partial charge in [-0.15, -0.1) is 0 Å². The topological polar surface area (TPSA) is 66.4 Å². The maximum absolute atomic E-state index is 13.2. The van der Waals surface area contributed by atoms with E-state index in [1.807, 2.05) is 0 Å². The molecule has 0 bridgehead atoms. The third kappa shape index (κ3) is 4.43. The van der Waals surface area contributed by atoms with Crippen molar-refractivity contribution in [2.45, 2.75) is 29.7 Å². The first kappa shape index (κ1) is 23.2. The lowest BCUT2D eigenvalue weighted by Crippen LogP contribution is -2.65. The second-order valence-electron chi connectivity index (χ2n) is 5.26. The number of nitrogens with zero attached hydrogens (tertiary/aromatic N) is 1. The highest BCUT2D eigenvalue weighted by molar-refractivity contribution is 7.90. The lowest BCUT2D eigenvalue weighted by molar-refractivity contribution is -1.07. The molecule has 0 saturated carbocycles. The Kier molecular flexibility index (Phi) is 6.28. The number of rotatable bonds is 8. The van der Waals surface area contributed by atoms with E-state index in [0.717, 1.165) is 4.72 Å². The third-order valence-corrected chi connectivity index (χ3v) is 4.14. The molecule has 0 fully saturated rings. The van der Waals surface area contributed by atoms with Gasteiger partial charge in [0.1, 0.15) is 6.54 Å². The molecule has 0 aromatic rings. The van der Waals surface area contributed by atoms with Crippen LogP contribution in [0, 0.1) is 0 Å². The van der Waals surface area contributed by atoms with Crippen molar-refractivity contribution in [3.05, 3.63) is 0 Å². The first-order valence-corrected chi connectivity index (χ1v) is 7.44. The van der Waals surface area contributed by atoms with Gasteiger partial charge in [0.05, 0.1) is 14.1 Å². The van der Waals surface area contributed by atoms with Crippen molar-refractivity contribution in [3.63, 3.8) is 0 Å². The molecule has 15 heteroatoms. The molecule has 2 N–H and O–H groups in total. The van der Waals surface area contributed by atoms with Crippen LogP contribution in [0.4, 0.5) is 39.5 Å². The van der Waals surface area contributed by atoms with Gasteiger partial charge in [-0.05, 0) is 0 Å². The predicted molar refractivity (Wildman–Crippen MR) is 61.2 cm³/mol. The van der Waals surface area contributed by atoms with Crippen LogP contribution >= 0.6 is 0 Å². The van der Waals surface area contributed by atoms with Crippen LogP contribution in [0.25, 0.3) is 0 Å². The van der Waals surface area contributed by atoms with E-state index in [2.05, 4.69) is 0 Å². The summed E-state index contributed by atoms with van der Waals surface area (Å²) < 4.78 is 135. The van der Waals surface area contributed by atoms with E-state index in [4.69, 9.17) is 0 Å². The minimum atomic E-state index is -7.29. The molecule has 0 amide bonds. The summed E-state index contributed by atoms with van der Waals surface area (Å²) >= 11 is 0. The molecule has 0 rings (SSSR count). The average Bonchev–Trinajstić information content (AvgIpc) is 2.31. The Morgan fingerprint density at radius 1 is 0.917 bits per heavy atom. The van der Waals surface area contributed by atoms with Crippen LogP contribution in [0.2, 0.25) is 0 Å². The third-order valence-electron chi connectivity index (χ3n) is 2.63. The fraction of sp³-hybridized carbons (Fsp3) is 1.00. The minimum absolute atomic E-state index is 0.261. The molecule has 0 radical (unpaired) electrons. The van der Waals surface area contributed by atoms with Crippen molar-refractivity contribution in [3.8, 4) is 0 Å². The van der Waals surface area contributed by atoms with Gasteiger partial charge in [0.15, 0.2) is 0 Å². The monoisotopic (exact) mass is 401 g/mol. The van der Waals surface area contributed by atoms with E-state index in [0.29, 0.717) is 0 Å². The molecule has 5 nitrogen and oxygen atoms in total. The SMILES string of the molecule is C[N+](C)(O)CCCNS(=O)(=O)C(F)(F)C(F)(F)C(F)(F)C(F)(F)F. The van der Waals surface area contributed by atoms with Gasteiger partial charge >= 0.3 is 23.3 Å². The lowest BCUT2D eigenvalue weighted by Gasteiger charge is -2.33. The molecule has 0 heterocycles. The average molecular weight is 401 g/mol. The number of hydrogen-bond acceptors (Lipinski definition) is 3. The first-order chi connectivity index (χ1) is 10.2. The summed E-state index contributed by atoms with van der Waals surface area (Å²) in [5.74, 6) is -14.5. The van der Waals surface area contributed by atoms with Crippen LogP contribution in [0.15, 0.2) is 0 Å². The van der Waals surface area contributed by atoms with E-state index in [9.17, 15) is 53.1 Å². The number of nitrogens with one attached hydrogen (secondary N) is 1. The van der Waals surface area contributed by atoms with Crippen LogP contribution in [0.1, 0.15) is 6.42 Å². The van der Waals surface area contributed by atoms with Gasteiger partial charge in [0, 0.05) is 13.0 Å². The Balaban J connectivity index is 5.40. The van der Waals surface area contributed by atoms with Crippen molar-refractivity contribution in [2.24, 2.45) is 0 Å². The molecule has 0 aromatic carbocycles. The molecule has 0 atom stereocenters. The molecule has 0 saturated heterocycles. The molecule has 0 aliphatic rings. The van der Waals surface area contributed by atoms with E-state index in [1.54, 1.807) is 0 Å². The summed E-state index contributed by atoms with van der Waals surface area (Å²) in [7, 11) is -4.22. The molecule has 0 aliphatic carbocycles. The van der Waals surface area contributed by atoms with Crippen molar-refractivity contribution >= 4 is 10.0 Å². The van der Waals surface area contributed by atoms with Crippen LogP contribution in [0.5, 0.6) is 0 Å². The standard InChI is InChI=1S/C9H14F9N2O3S/c1-20(2,21)5-3-4-19-24(22,23)9(17,18)7(12,13)6(10,11)8(14,15)16/h19,21H,3-5H2,1-2H3/q+1. The Bertz CT molecular complexity index is 539. The highest BCUT2D eigenvalue weighted by Crippen LogP contribution is 2.54. The summed E-state index contributed by atoms with van der Waals surface area (Å²) in [5.41, 5.74) is 0. The number of sulfonamides is 1. The van der Waals surface area contributed by atoms with Gasteiger partial charge in [0.2, 0.25) is 0 Å². The Morgan fingerprint density at radius 3 is 1.67 bits per heavy atom. The van der Waals surface area contributed by atoms with Gasteiger partial charge in [-0.3, -0.25) is 0 Å². The molecule has 146 valence electrons. The molecular weight excluding hydrogens is 387 g/mol. The number of alkyl halides is 9. The molecule has 0 unspecified atom stereocenters. The summed E-state index contributed by atoms with van der Waals surface area (Å²) in [6.07, 6.45) is -7.51. The number of hydroxylamine groups is 3. The smallest absolute Gasteiger partial charge is 0.217 e. The molecule has 0 aliphatic heterocycles. The maximum atomic E-state index is 13.2. The Labute approximate surface area is 130 Å². The van der Waals surface area contributed by atoms with Crippen molar-refractivity contribution in [2.75, 3.05) is 27.2 Å². The van der Waals surface area contributed by atoms with E-state index < -0.39 is 50.9 Å². The summed E-state index contributed by atoms with van der Waals surface area (Å²) in [4.78, 5) is 0. The van der Waals surface area contributed by atoms with Crippen molar-refractivity contribution in [1.29, 1.82) is 0 Å². The highest BCUT2D eigenvalue weighted by atomic mass is 32.2. The van der Waals surface area contributed by atoms with Gasteiger partial charge in [-0.1, -0.05) is 0 Å². The van der Waals surface area contributed by atoms with Crippen molar-refractivity contribution in [1.82, 2.24) is 4.72 Å². The molecular formula is C9H14F9N2O3S+. The quantitative estimate of drug-likeness (QED) is 0.284. The normalized spacial score (nSPS) is 15.7. The van der Waals surface area contributed by atoms with E-state index >= 15 is 0 Å². The van der Waals surface area contributed by atoms with Gasteiger partial charge in [-0.2, -0.15) is 44.2 Å². The van der Waals surface area contributed by atoms with Gasteiger partial charge in [0.25, 0.3) is 10.0 Å². The zero-order valence-corrected chi connectivity index (χ0v) is 13.0. The van der Waals surface area contributed by atoms with Gasteiger partial charge < -0.3 is 0 Å². The molecule has 0 spiro atoms. The van der Waals surface area contributed by atoms with Crippen LogP contribution < -0.4 is 4.72 Å². The first-order valence-electron chi connectivity index (χ1n) is 5.96. The predicted octanol–water partition coefficient (Wildman–Crippen LogP) is 2.19. The lowest BCUT2D eigenvalue weighted by atomic mass is 10.1. The second-order valence-corrected chi connectivity index (χ2v) is 7.07. The second kappa shape index (κ2) is 6.49. The van der Waals surface area contributed by atoms with E-state index in [1.165, 1.54) is 14.1 Å². The summed E-state index contributed by atoms with van der Waals surface area (Å²) in [6, 6.07) is 0. The largest absolute Gasteiger partial charge is 0.460 e. The van der Waals surface area contributed by atoms with E-state index in [-0.39, 0.29) is 6.54 Å². The number of quaternary nitrogens is 1. The highest BCUT2D eigenvalue weighted by Gasteiger charge is 2.85. The molecule has 24 heavy (non-hydrogen) atoms. The maximum Gasteiger partial charge on any atom is 0.460 e. The fourth-order valence-corrected chi connectivity index (χ4v) is 2.35. The van der Waals surface area contributed by atoms with Crippen LogP contribution in [0.3, 0.4) is 0 Å². The summed E-state index contributed by atoms with van der Waals surface area (Å²) in [5, 5.41) is 2.45. The molecule has 0 aromatic heterocycles. The van der Waals surface area contributed by atoms with Crippen LogP contribution in [-0.4, -0.2) is 68.7 Å². The zero-order valence-electron chi connectivity index (χ0n) is 12.1. The number of hydrogen-bond donors (Lipinski definition) is 2. The fourth-order valence-electron chi connectivity index (χ4n) is 1.29. The number of halogens is 9. The summed E-state index contributed by atoms with van der Waals surface area (Å²) in [6.45, 7) is -1.27. The van der Waals surface area contributed by atoms with Gasteiger partial charge in [-0.25, -0.2) is 18.3 Å². The van der Waals surface area contributed by atoms with Crippen LogP contribution in [-0.2, 0) is 10.0 Å².